The van der Waals surface area contributed by atoms with Gasteiger partial charge in [0.05, 0.1) is 11.7 Å². The zero-order valence-electron chi connectivity index (χ0n) is 16.0. The summed E-state index contributed by atoms with van der Waals surface area (Å²) in [5.74, 6) is 1.08. The molecule has 5 N–H and O–H groups in total. The van der Waals surface area contributed by atoms with Gasteiger partial charge in [0.25, 0.3) is 5.91 Å². The molecule has 1 aromatic heterocycles. The second kappa shape index (κ2) is 9.32. The van der Waals surface area contributed by atoms with Crippen molar-refractivity contribution >= 4 is 17.7 Å². The van der Waals surface area contributed by atoms with Crippen LogP contribution in [0.4, 0.5) is 11.8 Å². The highest BCUT2D eigenvalue weighted by molar-refractivity contribution is 5.97. The molecule has 0 aliphatic heterocycles. The number of aliphatic hydroxyl groups excluding tert-OH is 1. The van der Waals surface area contributed by atoms with Gasteiger partial charge >= 0.3 is 0 Å². The zero-order valence-corrected chi connectivity index (χ0v) is 16.0. The van der Waals surface area contributed by atoms with Crippen LogP contribution in [0.1, 0.15) is 61.7 Å². The Morgan fingerprint density at radius 1 is 1.15 bits per heavy atom. The van der Waals surface area contributed by atoms with Crippen molar-refractivity contribution in [1.29, 1.82) is 0 Å². The summed E-state index contributed by atoms with van der Waals surface area (Å²) in [6.45, 7) is 0.802. The van der Waals surface area contributed by atoms with E-state index in [-0.39, 0.29) is 18.2 Å². The Balaban J connectivity index is 1.64. The van der Waals surface area contributed by atoms with Crippen LogP contribution in [0.25, 0.3) is 0 Å². The lowest BCUT2D eigenvalue weighted by Gasteiger charge is -2.29. The van der Waals surface area contributed by atoms with Crippen molar-refractivity contribution < 1.29 is 14.6 Å². The molecule has 0 radical (unpaired) electrons. The molecule has 8 nitrogen and oxygen atoms in total. The summed E-state index contributed by atoms with van der Waals surface area (Å²) in [6, 6.07) is 0.508. The van der Waals surface area contributed by atoms with Gasteiger partial charge in [0.2, 0.25) is 5.95 Å². The number of hydrogen-bond donors (Lipinski definition) is 4. The summed E-state index contributed by atoms with van der Waals surface area (Å²) in [5.41, 5.74) is 5.83. The van der Waals surface area contributed by atoms with E-state index in [1.54, 1.807) is 7.11 Å². The molecule has 1 amide bonds. The maximum Gasteiger partial charge on any atom is 0.254 e. The molecule has 2 saturated carbocycles. The summed E-state index contributed by atoms with van der Waals surface area (Å²) in [5, 5.41) is 16.4. The molecule has 27 heavy (non-hydrogen) atoms. The second-order valence-electron chi connectivity index (χ2n) is 7.79. The van der Waals surface area contributed by atoms with Crippen molar-refractivity contribution in [2.24, 2.45) is 11.7 Å². The Morgan fingerprint density at radius 3 is 2.41 bits per heavy atom. The molecule has 2 aliphatic rings. The van der Waals surface area contributed by atoms with E-state index in [0.29, 0.717) is 23.2 Å². The van der Waals surface area contributed by atoms with E-state index in [9.17, 15) is 9.90 Å². The normalized spacial score (nSPS) is 28.5. The first-order valence-electron chi connectivity index (χ1n) is 9.92. The molecule has 1 aromatic rings. The average molecular weight is 377 g/mol. The Morgan fingerprint density at radius 2 is 1.78 bits per heavy atom. The van der Waals surface area contributed by atoms with Gasteiger partial charge in [0.15, 0.2) is 0 Å². The number of aromatic nitrogens is 2. The lowest BCUT2D eigenvalue weighted by atomic mass is 9.86. The van der Waals surface area contributed by atoms with Gasteiger partial charge in [-0.2, -0.15) is 4.98 Å². The molecule has 0 saturated heterocycles. The first-order chi connectivity index (χ1) is 13.0. The van der Waals surface area contributed by atoms with Crippen LogP contribution in [-0.2, 0) is 4.74 Å². The minimum absolute atomic E-state index is 0.202. The van der Waals surface area contributed by atoms with Gasteiger partial charge in [0, 0.05) is 32.0 Å². The number of nitrogens with zero attached hydrogens (tertiary/aromatic N) is 2. The number of amides is 1. The fraction of sp³-hybridized carbons (Fsp3) is 0.737. The maximum atomic E-state index is 11.8. The van der Waals surface area contributed by atoms with Gasteiger partial charge < -0.3 is 26.2 Å². The van der Waals surface area contributed by atoms with Gasteiger partial charge in [-0.15, -0.1) is 0 Å². The summed E-state index contributed by atoms with van der Waals surface area (Å²) < 4.78 is 5.25. The number of primary amides is 1. The van der Waals surface area contributed by atoms with E-state index < -0.39 is 5.91 Å². The molecule has 0 aromatic carbocycles. The largest absolute Gasteiger partial charge is 0.393 e. The smallest absolute Gasteiger partial charge is 0.254 e. The third kappa shape index (κ3) is 5.52. The van der Waals surface area contributed by atoms with Crippen LogP contribution < -0.4 is 16.4 Å². The van der Waals surface area contributed by atoms with Crippen molar-refractivity contribution in [3.05, 3.63) is 11.8 Å². The van der Waals surface area contributed by atoms with Gasteiger partial charge in [-0.1, -0.05) is 0 Å². The van der Waals surface area contributed by atoms with Gasteiger partial charge in [-0.05, 0) is 57.3 Å². The van der Waals surface area contributed by atoms with E-state index in [4.69, 9.17) is 10.5 Å². The Kier molecular flexibility index (Phi) is 6.84. The molecule has 150 valence electrons. The monoisotopic (exact) mass is 377 g/mol. The Bertz CT molecular complexity index is 626. The SMILES string of the molecule is COCC1CCC(Nc2nc(NC3CCC(O)CC3)ncc2C(N)=O)CC1. The molecule has 3 rings (SSSR count). The molecule has 0 spiro atoms. The molecule has 1 heterocycles. The van der Waals surface area contributed by atoms with Crippen molar-refractivity contribution in [3.63, 3.8) is 0 Å². The molecule has 2 fully saturated rings. The number of carbonyl (C=O) groups excluding carboxylic acids is 1. The minimum atomic E-state index is -0.530. The molecule has 2 aliphatic carbocycles. The van der Waals surface area contributed by atoms with Crippen LogP contribution in [0.5, 0.6) is 0 Å². The number of nitrogens with two attached hydrogens (primary N) is 1. The fourth-order valence-electron chi connectivity index (χ4n) is 4.05. The number of carbonyl (C=O) groups is 1. The summed E-state index contributed by atoms with van der Waals surface area (Å²) in [6.07, 6.45) is 8.85. The minimum Gasteiger partial charge on any atom is -0.393 e. The number of methoxy groups -OCH3 is 1. The van der Waals surface area contributed by atoms with E-state index in [1.165, 1.54) is 6.20 Å². The van der Waals surface area contributed by atoms with E-state index in [0.717, 1.165) is 58.0 Å². The number of nitrogens with one attached hydrogen (secondary N) is 2. The quantitative estimate of drug-likeness (QED) is 0.572. The van der Waals surface area contributed by atoms with Crippen molar-refractivity contribution in [2.45, 2.75) is 69.6 Å². The van der Waals surface area contributed by atoms with E-state index in [1.807, 2.05) is 0 Å². The van der Waals surface area contributed by atoms with Gasteiger partial charge in [-0.3, -0.25) is 4.79 Å². The van der Waals surface area contributed by atoms with Crippen LogP contribution in [0.2, 0.25) is 0 Å². The first kappa shape index (κ1) is 19.8. The number of anilines is 2. The maximum absolute atomic E-state index is 11.8. The standard InChI is InChI=1S/C19H31N5O3/c1-27-11-12-2-4-13(5-3-12)22-18-16(17(20)26)10-21-19(24-18)23-14-6-8-15(25)9-7-14/h10,12-15,25H,2-9,11H2,1H3,(H2,20,26)(H2,21,22,23,24). The lowest BCUT2D eigenvalue weighted by molar-refractivity contribution is 0.1000. The molecule has 0 atom stereocenters. The van der Waals surface area contributed by atoms with Crippen LogP contribution in [0, 0.1) is 5.92 Å². The molecular weight excluding hydrogens is 346 g/mol. The molecule has 0 bridgehead atoms. The first-order valence-corrected chi connectivity index (χ1v) is 9.92. The predicted molar refractivity (Wildman–Crippen MR) is 104 cm³/mol. The average Bonchev–Trinajstić information content (AvgIpc) is 2.65. The second-order valence-corrected chi connectivity index (χ2v) is 7.79. The van der Waals surface area contributed by atoms with Crippen LogP contribution in [0.3, 0.4) is 0 Å². The van der Waals surface area contributed by atoms with E-state index >= 15 is 0 Å². The molecule has 0 unspecified atom stereocenters. The summed E-state index contributed by atoms with van der Waals surface area (Å²) >= 11 is 0. The Hall–Kier alpha value is -1.93. The fourth-order valence-corrected chi connectivity index (χ4v) is 4.05. The highest BCUT2D eigenvalue weighted by atomic mass is 16.5. The number of hydrogen-bond acceptors (Lipinski definition) is 7. The number of aliphatic hydroxyl groups is 1. The number of ether oxygens (including phenoxy) is 1. The molecule has 8 heteroatoms. The third-order valence-corrected chi connectivity index (χ3v) is 5.67. The van der Waals surface area contributed by atoms with Gasteiger partial charge in [-0.25, -0.2) is 4.98 Å². The molecular formula is C19H31N5O3. The highest BCUT2D eigenvalue weighted by Gasteiger charge is 2.24. The van der Waals surface area contributed by atoms with Crippen LogP contribution in [-0.4, -0.2) is 52.9 Å². The zero-order chi connectivity index (χ0) is 19.2. The summed E-state index contributed by atoms with van der Waals surface area (Å²) in [4.78, 5) is 20.6. The number of rotatable bonds is 7. The van der Waals surface area contributed by atoms with Crippen molar-refractivity contribution in [1.82, 2.24) is 9.97 Å². The van der Waals surface area contributed by atoms with Crippen LogP contribution >= 0.6 is 0 Å². The topological polar surface area (TPSA) is 122 Å². The highest BCUT2D eigenvalue weighted by Crippen LogP contribution is 2.28. The third-order valence-electron chi connectivity index (χ3n) is 5.67. The van der Waals surface area contributed by atoms with Gasteiger partial charge in [0.1, 0.15) is 5.82 Å². The van der Waals surface area contributed by atoms with E-state index in [2.05, 4.69) is 20.6 Å². The van der Waals surface area contributed by atoms with Crippen molar-refractivity contribution in [3.8, 4) is 0 Å². The predicted octanol–water partition coefficient (Wildman–Crippen LogP) is 1.91. The Labute approximate surface area is 160 Å². The lowest BCUT2D eigenvalue weighted by Crippen LogP contribution is -2.31. The summed E-state index contributed by atoms with van der Waals surface area (Å²) in [7, 11) is 1.74. The van der Waals surface area contributed by atoms with Crippen molar-refractivity contribution in [2.75, 3.05) is 24.4 Å². The van der Waals surface area contributed by atoms with Crippen LogP contribution in [0.15, 0.2) is 6.20 Å².